The topological polar surface area (TPSA) is 68.5 Å². The molecule has 0 bridgehead atoms. The molecule has 1 aromatic heterocycles. The molecule has 0 atom stereocenters. The summed E-state index contributed by atoms with van der Waals surface area (Å²) in [7, 11) is 0. The Morgan fingerprint density at radius 2 is 1.91 bits per heavy atom. The van der Waals surface area contributed by atoms with E-state index in [1.54, 1.807) is 56.3 Å². The highest BCUT2D eigenvalue weighted by molar-refractivity contribution is 6.02. The molecule has 22 heavy (non-hydrogen) atoms. The lowest BCUT2D eigenvalue weighted by molar-refractivity contribution is -0.111. The minimum Gasteiger partial charge on any atom is -0.465 e. The van der Waals surface area contributed by atoms with E-state index in [-0.39, 0.29) is 18.0 Å². The van der Waals surface area contributed by atoms with Crippen LogP contribution in [0.1, 0.15) is 30.0 Å². The van der Waals surface area contributed by atoms with Gasteiger partial charge in [0.15, 0.2) is 0 Å². The average molecular weight is 299 g/mol. The molecule has 114 valence electrons. The van der Waals surface area contributed by atoms with Crippen molar-refractivity contribution in [2.45, 2.75) is 20.0 Å². The molecule has 0 aliphatic rings. The Balaban J connectivity index is 1.93. The fourth-order valence-corrected chi connectivity index (χ4v) is 1.70. The minimum absolute atomic E-state index is 0.168. The molecule has 1 amide bonds. The summed E-state index contributed by atoms with van der Waals surface area (Å²) in [5.41, 5.74) is 1.04. The molecule has 0 radical (unpaired) electrons. The van der Waals surface area contributed by atoms with Gasteiger partial charge in [-0.3, -0.25) is 4.79 Å². The van der Waals surface area contributed by atoms with Gasteiger partial charge in [0.1, 0.15) is 5.76 Å². The molecule has 0 fully saturated rings. The number of hydrogen-bond donors (Lipinski definition) is 1. The van der Waals surface area contributed by atoms with Gasteiger partial charge in [0.05, 0.1) is 17.9 Å². The van der Waals surface area contributed by atoms with Gasteiger partial charge in [-0.1, -0.05) is 0 Å². The maximum absolute atomic E-state index is 11.7. The van der Waals surface area contributed by atoms with Crippen LogP contribution in [0.3, 0.4) is 0 Å². The Morgan fingerprint density at radius 1 is 1.18 bits per heavy atom. The normalized spacial score (nSPS) is 10.9. The average Bonchev–Trinajstić information content (AvgIpc) is 2.98. The third kappa shape index (κ3) is 4.63. The van der Waals surface area contributed by atoms with Crippen LogP contribution in [0.15, 0.2) is 53.2 Å². The molecule has 0 spiro atoms. The maximum atomic E-state index is 11.7. The first kappa shape index (κ1) is 15.6. The zero-order valence-corrected chi connectivity index (χ0v) is 12.4. The van der Waals surface area contributed by atoms with Crippen LogP contribution in [0.25, 0.3) is 6.08 Å². The number of benzene rings is 1. The Morgan fingerprint density at radius 3 is 2.50 bits per heavy atom. The van der Waals surface area contributed by atoms with Crippen molar-refractivity contribution in [1.82, 2.24) is 0 Å². The first-order valence-electron chi connectivity index (χ1n) is 6.88. The summed E-state index contributed by atoms with van der Waals surface area (Å²) in [6.45, 7) is 3.58. The smallest absolute Gasteiger partial charge is 0.338 e. The summed E-state index contributed by atoms with van der Waals surface area (Å²) in [5, 5.41) is 2.69. The molecule has 2 rings (SSSR count). The molecule has 5 nitrogen and oxygen atoms in total. The van der Waals surface area contributed by atoms with E-state index in [1.165, 1.54) is 12.3 Å². The highest BCUT2D eigenvalue weighted by Crippen LogP contribution is 2.12. The molecule has 1 aromatic carbocycles. The van der Waals surface area contributed by atoms with E-state index in [4.69, 9.17) is 9.15 Å². The van der Waals surface area contributed by atoms with E-state index >= 15 is 0 Å². The Kier molecular flexibility index (Phi) is 5.14. The van der Waals surface area contributed by atoms with Gasteiger partial charge >= 0.3 is 5.97 Å². The lowest BCUT2D eigenvalue weighted by Gasteiger charge is -2.08. The van der Waals surface area contributed by atoms with Crippen LogP contribution >= 0.6 is 0 Å². The predicted octanol–water partition coefficient (Wildman–Crippen LogP) is 3.50. The monoisotopic (exact) mass is 299 g/mol. The molecule has 2 aromatic rings. The lowest BCUT2D eigenvalue weighted by Crippen LogP contribution is -2.12. The second-order valence-electron chi connectivity index (χ2n) is 4.87. The largest absolute Gasteiger partial charge is 0.465 e. The van der Waals surface area contributed by atoms with Crippen LogP contribution in [-0.2, 0) is 9.53 Å². The number of carbonyl (C=O) groups is 2. The molecule has 0 aliphatic carbocycles. The van der Waals surface area contributed by atoms with Gasteiger partial charge in [-0.15, -0.1) is 0 Å². The summed E-state index contributed by atoms with van der Waals surface area (Å²) in [6, 6.07) is 10.0. The van der Waals surface area contributed by atoms with Crippen LogP contribution in [-0.4, -0.2) is 18.0 Å². The summed E-state index contributed by atoms with van der Waals surface area (Å²) < 4.78 is 10.2. The van der Waals surface area contributed by atoms with Gasteiger partial charge in [0, 0.05) is 11.8 Å². The van der Waals surface area contributed by atoms with Crippen molar-refractivity contribution >= 4 is 23.6 Å². The highest BCUT2D eigenvalue weighted by Gasteiger charge is 2.09. The first-order valence-corrected chi connectivity index (χ1v) is 6.88. The van der Waals surface area contributed by atoms with Crippen molar-refractivity contribution in [1.29, 1.82) is 0 Å². The van der Waals surface area contributed by atoms with Crippen molar-refractivity contribution in [2.75, 3.05) is 5.32 Å². The van der Waals surface area contributed by atoms with Gasteiger partial charge in [0.25, 0.3) is 0 Å². The number of hydrogen-bond acceptors (Lipinski definition) is 4. The lowest BCUT2D eigenvalue weighted by atomic mass is 10.2. The number of nitrogens with one attached hydrogen (secondary N) is 1. The van der Waals surface area contributed by atoms with Crippen molar-refractivity contribution in [3.8, 4) is 0 Å². The Labute approximate surface area is 128 Å². The Bertz CT molecular complexity index is 654. The van der Waals surface area contributed by atoms with E-state index in [2.05, 4.69) is 5.32 Å². The quantitative estimate of drug-likeness (QED) is 0.677. The molecular formula is C17H17NO4. The second kappa shape index (κ2) is 7.26. The maximum Gasteiger partial charge on any atom is 0.338 e. The molecule has 0 saturated heterocycles. The van der Waals surface area contributed by atoms with Gasteiger partial charge in [-0.05, 0) is 56.3 Å². The molecule has 0 aliphatic heterocycles. The van der Waals surface area contributed by atoms with Gasteiger partial charge in [-0.25, -0.2) is 4.79 Å². The Hall–Kier alpha value is -2.82. The van der Waals surface area contributed by atoms with Crippen molar-refractivity contribution in [3.63, 3.8) is 0 Å². The number of carbonyl (C=O) groups excluding carboxylic acids is 2. The SMILES string of the molecule is CC(C)OC(=O)c1ccc(NC(=O)/C=C\c2ccco2)cc1. The third-order valence-electron chi connectivity index (χ3n) is 2.67. The molecule has 1 N–H and O–H groups in total. The molecule has 5 heteroatoms. The van der Waals surface area contributed by atoms with Gasteiger partial charge in [0.2, 0.25) is 5.91 Å². The van der Waals surface area contributed by atoms with Crippen LogP contribution in [0, 0.1) is 0 Å². The summed E-state index contributed by atoms with van der Waals surface area (Å²) in [6.07, 6.45) is 4.31. The third-order valence-corrected chi connectivity index (χ3v) is 2.67. The predicted molar refractivity (Wildman–Crippen MR) is 83.4 cm³/mol. The van der Waals surface area contributed by atoms with E-state index < -0.39 is 0 Å². The number of rotatable bonds is 5. The number of esters is 1. The number of ether oxygens (including phenoxy) is 1. The molecule has 0 unspecified atom stereocenters. The number of amides is 1. The number of anilines is 1. The van der Waals surface area contributed by atoms with Crippen LogP contribution in [0.5, 0.6) is 0 Å². The minimum atomic E-state index is -0.384. The zero-order valence-electron chi connectivity index (χ0n) is 12.4. The van der Waals surface area contributed by atoms with E-state index in [0.717, 1.165) is 0 Å². The van der Waals surface area contributed by atoms with Gasteiger partial charge in [-0.2, -0.15) is 0 Å². The number of furan rings is 1. The summed E-state index contributed by atoms with van der Waals surface area (Å²) in [4.78, 5) is 23.4. The molecule has 1 heterocycles. The standard InChI is InChI=1S/C17H17NO4/c1-12(2)22-17(20)13-5-7-14(8-6-13)18-16(19)10-9-15-4-3-11-21-15/h3-12H,1-2H3,(H,18,19)/b10-9-. The summed E-state index contributed by atoms with van der Waals surface area (Å²) >= 11 is 0. The van der Waals surface area contributed by atoms with E-state index in [1.807, 2.05) is 0 Å². The fourth-order valence-electron chi connectivity index (χ4n) is 1.70. The van der Waals surface area contributed by atoms with Crippen molar-refractivity contribution in [3.05, 3.63) is 60.1 Å². The fraction of sp³-hybridized carbons (Fsp3) is 0.176. The van der Waals surface area contributed by atoms with Crippen LogP contribution in [0.2, 0.25) is 0 Å². The second-order valence-corrected chi connectivity index (χ2v) is 4.87. The van der Waals surface area contributed by atoms with E-state index in [0.29, 0.717) is 17.0 Å². The molecular weight excluding hydrogens is 282 g/mol. The summed E-state index contributed by atoms with van der Waals surface area (Å²) in [5.74, 6) is -0.0681. The first-order chi connectivity index (χ1) is 10.5. The molecule has 0 saturated carbocycles. The highest BCUT2D eigenvalue weighted by atomic mass is 16.5. The van der Waals surface area contributed by atoms with Gasteiger partial charge < -0.3 is 14.5 Å². The van der Waals surface area contributed by atoms with Crippen molar-refractivity contribution < 1.29 is 18.7 Å². The van der Waals surface area contributed by atoms with Crippen LogP contribution < -0.4 is 5.32 Å². The zero-order chi connectivity index (χ0) is 15.9. The van der Waals surface area contributed by atoms with Crippen molar-refractivity contribution in [2.24, 2.45) is 0 Å². The van der Waals surface area contributed by atoms with E-state index in [9.17, 15) is 9.59 Å². The van der Waals surface area contributed by atoms with Crippen LogP contribution in [0.4, 0.5) is 5.69 Å².